The first-order valence-electron chi connectivity index (χ1n) is 9.86. The zero-order valence-corrected chi connectivity index (χ0v) is 15.7. The molecule has 0 fully saturated rings. The van der Waals surface area contributed by atoms with Crippen molar-refractivity contribution < 1.29 is 0 Å². The molecule has 26 heavy (non-hydrogen) atoms. The number of unbranched alkanes of at least 4 members (excludes halogenated alkanes) is 4. The number of hydrogen-bond donors (Lipinski definition) is 1. The second-order valence-corrected chi connectivity index (χ2v) is 7.06. The molecule has 0 heterocycles. The van der Waals surface area contributed by atoms with Gasteiger partial charge in [0.15, 0.2) is 0 Å². The summed E-state index contributed by atoms with van der Waals surface area (Å²) in [7, 11) is 0. The molecule has 1 atom stereocenters. The van der Waals surface area contributed by atoms with Gasteiger partial charge in [0.1, 0.15) is 0 Å². The van der Waals surface area contributed by atoms with E-state index in [4.69, 9.17) is 0 Å². The second kappa shape index (κ2) is 9.36. The largest absolute Gasteiger partial charge is 0.298 e. The van der Waals surface area contributed by atoms with Crippen LogP contribution in [0.3, 0.4) is 0 Å². The first-order chi connectivity index (χ1) is 12.8. The first kappa shape index (κ1) is 18.4. The van der Waals surface area contributed by atoms with Gasteiger partial charge in [0.2, 0.25) is 0 Å². The van der Waals surface area contributed by atoms with E-state index in [1.54, 1.807) is 0 Å². The molecule has 0 radical (unpaired) electrons. The van der Waals surface area contributed by atoms with Crippen molar-refractivity contribution >= 4 is 21.5 Å². The smallest absolute Gasteiger partial charge is 0.0955 e. The minimum atomic E-state index is -0.0747. The number of nitrogens with zero attached hydrogens (tertiary/aromatic N) is 1. The molecule has 0 spiro atoms. The van der Waals surface area contributed by atoms with Crippen LogP contribution >= 0.6 is 0 Å². The van der Waals surface area contributed by atoms with Crippen LogP contribution in [0.25, 0.3) is 21.5 Å². The van der Waals surface area contributed by atoms with Gasteiger partial charge < -0.3 is 0 Å². The van der Waals surface area contributed by atoms with E-state index in [1.807, 2.05) is 0 Å². The van der Waals surface area contributed by atoms with Crippen molar-refractivity contribution in [1.82, 2.24) is 5.32 Å². The van der Waals surface area contributed by atoms with E-state index < -0.39 is 0 Å². The Kier molecular flexibility index (Phi) is 6.63. The summed E-state index contributed by atoms with van der Waals surface area (Å²) in [6.07, 6.45) is 7.12. The van der Waals surface area contributed by atoms with Crippen LogP contribution in [-0.4, -0.2) is 6.04 Å². The molecule has 134 valence electrons. The minimum absolute atomic E-state index is 0.0747. The highest BCUT2D eigenvalue weighted by Crippen LogP contribution is 2.28. The predicted octanol–water partition coefficient (Wildman–Crippen LogP) is 6.34. The van der Waals surface area contributed by atoms with Crippen molar-refractivity contribution in [1.29, 1.82) is 5.26 Å². The van der Waals surface area contributed by atoms with Gasteiger partial charge in [-0.1, -0.05) is 87.6 Å². The summed E-state index contributed by atoms with van der Waals surface area (Å²) >= 11 is 0. The fourth-order valence-corrected chi connectivity index (χ4v) is 3.69. The maximum Gasteiger partial charge on any atom is 0.0955 e. The van der Waals surface area contributed by atoms with Crippen LogP contribution in [0.2, 0.25) is 0 Å². The van der Waals surface area contributed by atoms with Crippen molar-refractivity contribution in [2.75, 3.05) is 0 Å². The highest BCUT2D eigenvalue weighted by atomic mass is 14.9. The van der Waals surface area contributed by atoms with Gasteiger partial charge in [-0.05, 0) is 39.6 Å². The van der Waals surface area contributed by atoms with Gasteiger partial charge in [0.25, 0.3) is 0 Å². The number of nitriles is 1. The predicted molar refractivity (Wildman–Crippen MR) is 111 cm³/mol. The van der Waals surface area contributed by atoms with Crippen LogP contribution in [0.15, 0.2) is 54.6 Å². The molecule has 0 saturated heterocycles. The molecular formula is C24H28N2. The molecule has 2 heteroatoms. The van der Waals surface area contributed by atoms with Crippen LogP contribution in [0.4, 0.5) is 0 Å². The average molecular weight is 345 g/mol. The maximum absolute atomic E-state index is 9.52. The summed E-state index contributed by atoms with van der Waals surface area (Å²) in [6, 6.07) is 21.7. The summed E-state index contributed by atoms with van der Waals surface area (Å²) < 4.78 is 0. The Morgan fingerprint density at radius 3 is 2.12 bits per heavy atom. The molecule has 0 amide bonds. The minimum Gasteiger partial charge on any atom is -0.298 e. The molecule has 0 aromatic heterocycles. The van der Waals surface area contributed by atoms with Crippen molar-refractivity contribution in [2.45, 2.75) is 58.0 Å². The van der Waals surface area contributed by atoms with E-state index in [2.05, 4.69) is 72.9 Å². The molecule has 0 saturated carbocycles. The van der Waals surface area contributed by atoms with Crippen molar-refractivity contribution in [2.24, 2.45) is 0 Å². The number of hydrogen-bond acceptors (Lipinski definition) is 2. The lowest BCUT2D eigenvalue weighted by molar-refractivity contribution is 0.520. The molecule has 3 aromatic rings. The number of benzene rings is 3. The third-order valence-corrected chi connectivity index (χ3v) is 5.16. The molecule has 0 aliphatic carbocycles. The van der Waals surface area contributed by atoms with Gasteiger partial charge in [-0.2, -0.15) is 5.26 Å². The Hall–Kier alpha value is -2.37. The van der Waals surface area contributed by atoms with Gasteiger partial charge in [0, 0.05) is 6.54 Å². The van der Waals surface area contributed by atoms with Crippen LogP contribution < -0.4 is 5.32 Å². The van der Waals surface area contributed by atoms with Crippen LogP contribution in [0.5, 0.6) is 0 Å². The molecule has 0 aliphatic heterocycles. The topological polar surface area (TPSA) is 35.8 Å². The highest BCUT2D eigenvalue weighted by Gasteiger charge is 2.11. The normalized spacial score (nSPS) is 12.3. The fourth-order valence-electron chi connectivity index (χ4n) is 3.69. The molecule has 3 rings (SSSR count). The van der Waals surface area contributed by atoms with E-state index in [-0.39, 0.29) is 6.04 Å². The average Bonchev–Trinajstić information content (AvgIpc) is 2.69. The molecule has 0 unspecified atom stereocenters. The van der Waals surface area contributed by atoms with Crippen LogP contribution in [-0.2, 0) is 6.54 Å². The number of rotatable bonds is 9. The monoisotopic (exact) mass is 344 g/mol. The van der Waals surface area contributed by atoms with E-state index >= 15 is 0 Å². The van der Waals surface area contributed by atoms with E-state index in [0.29, 0.717) is 0 Å². The summed E-state index contributed by atoms with van der Waals surface area (Å²) in [6.45, 7) is 2.96. The number of fused-ring (bicyclic) bond motifs is 2. The van der Waals surface area contributed by atoms with Crippen molar-refractivity contribution in [3.05, 3.63) is 60.2 Å². The lowest BCUT2D eigenvalue weighted by atomic mass is 9.96. The fraction of sp³-hybridized carbons (Fsp3) is 0.375. The summed E-state index contributed by atoms with van der Waals surface area (Å²) in [5.41, 5.74) is 1.30. The van der Waals surface area contributed by atoms with Gasteiger partial charge in [-0.3, -0.25) is 5.32 Å². The first-order valence-corrected chi connectivity index (χ1v) is 9.86. The third-order valence-electron chi connectivity index (χ3n) is 5.16. The summed E-state index contributed by atoms with van der Waals surface area (Å²) in [5, 5.41) is 18.1. The van der Waals surface area contributed by atoms with Crippen molar-refractivity contribution in [3.63, 3.8) is 0 Å². The molecule has 0 aliphatic rings. The molecular weight excluding hydrogens is 316 g/mol. The Balaban J connectivity index is 1.75. The Bertz CT molecular complexity index is 837. The van der Waals surface area contributed by atoms with Crippen LogP contribution in [0.1, 0.15) is 51.0 Å². The zero-order chi connectivity index (χ0) is 18.2. The lowest BCUT2D eigenvalue weighted by Crippen LogP contribution is -2.27. The Labute approximate surface area is 156 Å². The Morgan fingerprint density at radius 2 is 1.50 bits per heavy atom. The van der Waals surface area contributed by atoms with Gasteiger partial charge in [-0.15, -0.1) is 0 Å². The summed E-state index contributed by atoms with van der Waals surface area (Å²) in [5.74, 6) is 0. The SMILES string of the molecule is CCCCCCC[C@H](C#N)NCc1c2ccccc2cc2ccccc12. The molecule has 1 N–H and O–H groups in total. The molecule has 3 aromatic carbocycles. The van der Waals surface area contributed by atoms with Gasteiger partial charge in [-0.25, -0.2) is 0 Å². The maximum atomic E-state index is 9.52. The second-order valence-electron chi connectivity index (χ2n) is 7.06. The van der Waals surface area contributed by atoms with Crippen molar-refractivity contribution in [3.8, 4) is 6.07 Å². The van der Waals surface area contributed by atoms with Gasteiger partial charge in [0.05, 0.1) is 12.1 Å². The lowest BCUT2D eigenvalue weighted by Gasteiger charge is -2.15. The highest BCUT2D eigenvalue weighted by molar-refractivity contribution is 6.02. The standard InChI is InChI=1S/C24H28N2/c1-2-3-4-5-6-13-21(17-25)26-18-24-22-14-9-7-11-19(22)16-20-12-8-10-15-23(20)24/h7-12,14-16,21,26H,2-6,13,18H2,1H3/t21-/m1/s1. The zero-order valence-electron chi connectivity index (χ0n) is 15.7. The van der Waals surface area contributed by atoms with E-state index in [0.717, 1.165) is 19.4 Å². The van der Waals surface area contributed by atoms with Crippen LogP contribution in [0, 0.1) is 11.3 Å². The summed E-state index contributed by atoms with van der Waals surface area (Å²) in [4.78, 5) is 0. The molecule has 2 nitrogen and oxygen atoms in total. The van der Waals surface area contributed by atoms with Gasteiger partial charge >= 0.3 is 0 Å². The van der Waals surface area contributed by atoms with E-state index in [1.165, 1.54) is 52.8 Å². The quantitative estimate of drug-likeness (QED) is 0.363. The number of nitrogens with one attached hydrogen (secondary N) is 1. The molecule has 0 bridgehead atoms. The van der Waals surface area contributed by atoms with E-state index in [9.17, 15) is 5.26 Å². The third kappa shape index (κ3) is 4.42. The Morgan fingerprint density at radius 1 is 0.885 bits per heavy atom.